The van der Waals surface area contributed by atoms with Gasteiger partial charge in [-0.3, -0.25) is 4.79 Å². The normalized spacial score (nSPS) is 13.6. The Bertz CT molecular complexity index is 928. The fourth-order valence-corrected chi connectivity index (χ4v) is 3.00. The molecule has 2 aromatic carbocycles. The number of nitrogens with one attached hydrogen (secondary N) is 1. The van der Waals surface area contributed by atoms with Crippen LogP contribution in [0.4, 0.5) is 0 Å². The second-order valence-electron chi connectivity index (χ2n) is 6.74. The van der Waals surface area contributed by atoms with Crippen molar-refractivity contribution in [1.82, 2.24) is 15.5 Å². The van der Waals surface area contributed by atoms with Crippen molar-refractivity contribution in [3.8, 4) is 11.1 Å². The highest BCUT2D eigenvalue weighted by atomic mass is 16.5. The number of carbonyl (C=O) groups excluding carboxylic acids is 1. The Morgan fingerprint density at radius 2 is 2.04 bits per heavy atom. The lowest BCUT2D eigenvalue weighted by Gasteiger charge is -2.10. The number of hydrogen-bond donors (Lipinski definition) is 1. The number of carbonyl (C=O) groups is 1. The molecule has 0 atom stereocenters. The van der Waals surface area contributed by atoms with E-state index in [4.69, 9.17) is 4.52 Å². The molecule has 1 aromatic heterocycles. The molecule has 3 aromatic rings. The molecule has 1 heterocycles. The van der Waals surface area contributed by atoms with Gasteiger partial charge in [-0.25, -0.2) is 0 Å². The highest BCUT2D eigenvalue weighted by Crippen LogP contribution is 2.38. The minimum atomic E-state index is -0.0935. The summed E-state index contributed by atoms with van der Waals surface area (Å²) in [7, 11) is 0. The van der Waals surface area contributed by atoms with Crippen LogP contribution < -0.4 is 5.32 Å². The van der Waals surface area contributed by atoms with Crippen molar-refractivity contribution in [1.29, 1.82) is 0 Å². The van der Waals surface area contributed by atoms with Crippen LogP contribution in [0.2, 0.25) is 0 Å². The summed E-state index contributed by atoms with van der Waals surface area (Å²) in [5, 5.41) is 6.96. The summed E-state index contributed by atoms with van der Waals surface area (Å²) in [6, 6.07) is 15.8. The molecule has 0 spiro atoms. The molecule has 5 heteroatoms. The summed E-state index contributed by atoms with van der Waals surface area (Å²) >= 11 is 0. The smallest absolute Gasteiger partial charge is 0.251 e. The lowest BCUT2D eigenvalue weighted by molar-refractivity contribution is 0.0954. The zero-order valence-electron chi connectivity index (χ0n) is 14.7. The molecular weight excluding hydrogens is 326 g/mol. The molecule has 26 heavy (non-hydrogen) atoms. The molecule has 0 radical (unpaired) electrons. The van der Waals surface area contributed by atoms with Gasteiger partial charge < -0.3 is 9.84 Å². The second kappa shape index (κ2) is 7.12. The molecule has 1 N–H and O–H groups in total. The first-order chi connectivity index (χ1) is 12.7. The second-order valence-corrected chi connectivity index (χ2v) is 6.74. The summed E-state index contributed by atoms with van der Waals surface area (Å²) in [5.41, 5.74) is 3.81. The van der Waals surface area contributed by atoms with E-state index in [9.17, 15) is 4.79 Å². The van der Waals surface area contributed by atoms with Crippen molar-refractivity contribution in [2.75, 3.05) is 6.54 Å². The van der Waals surface area contributed by atoms with E-state index in [1.54, 1.807) is 0 Å². The molecule has 4 rings (SSSR count). The zero-order valence-corrected chi connectivity index (χ0v) is 14.7. The Balaban J connectivity index is 1.43. The third-order valence-corrected chi connectivity index (χ3v) is 4.55. The summed E-state index contributed by atoms with van der Waals surface area (Å²) < 4.78 is 5.25. The number of amides is 1. The molecule has 0 aliphatic heterocycles. The van der Waals surface area contributed by atoms with Gasteiger partial charge in [0.1, 0.15) is 0 Å². The zero-order chi connectivity index (χ0) is 17.9. The third kappa shape index (κ3) is 3.67. The largest absolute Gasteiger partial charge is 0.352 e. The van der Waals surface area contributed by atoms with Crippen molar-refractivity contribution in [3.05, 3.63) is 71.4 Å². The molecule has 0 bridgehead atoms. The summed E-state index contributed by atoms with van der Waals surface area (Å²) in [6.07, 6.45) is 2.83. The summed E-state index contributed by atoms with van der Waals surface area (Å²) in [4.78, 5) is 17.0. The Morgan fingerprint density at radius 1 is 1.19 bits per heavy atom. The minimum absolute atomic E-state index is 0.0935. The first-order valence-electron chi connectivity index (χ1n) is 8.97. The van der Waals surface area contributed by atoms with E-state index in [0.717, 1.165) is 29.8 Å². The predicted octanol–water partition coefficient (Wildman–Crippen LogP) is 3.89. The van der Waals surface area contributed by atoms with Gasteiger partial charge in [0.25, 0.3) is 5.91 Å². The minimum Gasteiger partial charge on any atom is -0.352 e. The predicted molar refractivity (Wildman–Crippen MR) is 98.9 cm³/mol. The lowest BCUT2D eigenvalue weighted by atomic mass is 9.98. The number of hydrogen-bond acceptors (Lipinski definition) is 4. The standard InChI is InChI=1S/C21H21N3O2/c1-14-5-4-6-16(13-14)17-7-2-3-8-18(17)21(25)22-12-11-19-23-20(24-26-19)15-9-10-15/h2-8,13,15H,9-12H2,1H3,(H,22,25). The van der Waals surface area contributed by atoms with Crippen LogP contribution in [0.5, 0.6) is 0 Å². The average molecular weight is 347 g/mol. The van der Waals surface area contributed by atoms with Crippen LogP contribution in [0.15, 0.2) is 53.1 Å². The fourth-order valence-electron chi connectivity index (χ4n) is 3.00. The monoisotopic (exact) mass is 347 g/mol. The van der Waals surface area contributed by atoms with Gasteiger partial charge in [-0.2, -0.15) is 4.98 Å². The molecule has 0 unspecified atom stereocenters. The van der Waals surface area contributed by atoms with E-state index in [-0.39, 0.29) is 5.91 Å². The lowest BCUT2D eigenvalue weighted by Crippen LogP contribution is -2.26. The van der Waals surface area contributed by atoms with Crippen molar-refractivity contribution in [2.24, 2.45) is 0 Å². The van der Waals surface area contributed by atoms with Crippen molar-refractivity contribution in [2.45, 2.75) is 32.1 Å². The van der Waals surface area contributed by atoms with Crippen LogP contribution in [-0.2, 0) is 6.42 Å². The molecule has 1 amide bonds. The summed E-state index contributed by atoms with van der Waals surface area (Å²) in [5.74, 6) is 1.77. The first-order valence-corrected chi connectivity index (χ1v) is 8.97. The van der Waals surface area contributed by atoms with Gasteiger partial charge in [-0.05, 0) is 37.0 Å². The number of rotatable bonds is 6. The van der Waals surface area contributed by atoms with Gasteiger partial charge in [0.15, 0.2) is 5.82 Å². The van der Waals surface area contributed by atoms with Crippen LogP contribution in [0, 0.1) is 6.92 Å². The maximum Gasteiger partial charge on any atom is 0.251 e. The van der Waals surface area contributed by atoms with Crippen molar-refractivity contribution >= 4 is 5.91 Å². The average Bonchev–Trinajstić information content (AvgIpc) is 3.40. The maximum atomic E-state index is 12.7. The SMILES string of the molecule is Cc1cccc(-c2ccccc2C(=O)NCCc2nc(C3CC3)no2)c1. The van der Waals surface area contributed by atoms with E-state index in [1.807, 2.05) is 49.4 Å². The van der Waals surface area contributed by atoms with Gasteiger partial charge in [0.05, 0.1) is 0 Å². The summed E-state index contributed by atoms with van der Waals surface area (Å²) in [6.45, 7) is 2.51. The van der Waals surface area contributed by atoms with E-state index >= 15 is 0 Å². The Hall–Kier alpha value is -2.95. The number of benzene rings is 2. The molecule has 1 aliphatic rings. The van der Waals surface area contributed by atoms with E-state index in [2.05, 4.69) is 21.5 Å². The molecule has 1 saturated carbocycles. The van der Waals surface area contributed by atoms with Crippen LogP contribution in [0.25, 0.3) is 11.1 Å². The molecular formula is C21H21N3O2. The molecule has 0 saturated heterocycles. The number of nitrogens with zero attached hydrogens (tertiary/aromatic N) is 2. The Kier molecular flexibility index (Phi) is 4.52. The van der Waals surface area contributed by atoms with Gasteiger partial charge in [-0.1, -0.05) is 53.2 Å². The van der Waals surface area contributed by atoms with Crippen LogP contribution in [-0.4, -0.2) is 22.6 Å². The maximum absolute atomic E-state index is 12.7. The quantitative estimate of drug-likeness (QED) is 0.734. The Labute approximate surface area is 152 Å². The van der Waals surface area contributed by atoms with Crippen LogP contribution in [0.3, 0.4) is 0 Å². The highest BCUT2D eigenvalue weighted by molar-refractivity contribution is 6.00. The molecule has 5 nitrogen and oxygen atoms in total. The van der Waals surface area contributed by atoms with Crippen LogP contribution in [0.1, 0.15) is 46.4 Å². The molecule has 1 aliphatic carbocycles. The van der Waals surface area contributed by atoms with E-state index in [0.29, 0.717) is 30.3 Å². The number of aromatic nitrogens is 2. The molecule has 132 valence electrons. The van der Waals surface area contributed by atoms with Crippen molar-refractivity contribution in [3.63, 3.8) is 0 Å². The van der Waals surface area contributed by atoms with Gasteiger partial charge >= 0.3 is 0 Å². The Morgan fingerprint density at radius 3 is 2.85 bits per heavy atom. The highest BCUT2D eigenvalue weighted by Gasteiger charge is 2.28. The van der Waals surface area contributed by atoms with E-state index < -0.39 is 0 Å². The van der Waals surface area contributed by atoms with Crippen molar-refractivity contribution < 1.29 is 9.32 Å². The van der Waals surface area contributed by atoms with E-state index in [1.165, 1.54) is 5.56 Å². The number of aryl methyl sites for hydroxylation is 1. The molecule has 1 fully saturated rings. The first kappa shape index (κ1) is 16.5. The topological polar surface area (TPSA) is 68.0 Å². The fraction of sp³-hybridized carbons (Fsp3) is 0.286. The van der Waals surface area contributed by atoms with Crippen LogP contribution >= 0.6 is 0 Å². The van der Waals surface area contributed by atoms with Gasteiger partial charge in [0, 0.05) is 24.4 Å². The van der Waals surface area contributed by atoms with Gasteiger partial charge in [-0.15, -0.1) is 0 Å². The third-order valence-electron chi connectivity index (χ3n) is 4.55. The van der Waals surface area contributed by atoms with Gasteiger partial charge in [0.2, 0.25) is 5.89 Å².